The van der Waals surface area contributed by atoms with Crippen LogP contribution in [0, 0.1) is 4.91 Å². The van der Waals surface area contributed by atoms with Gasteiger partial charge in [-0.2, -0.15) is 5.10 Å². The quantitative estimate of drug-likeness (QED) is 0.285. The number of nitrogens with zero attached hydrogens (tertiary/aromatic N) is 2. The van der Waals surface area contributed by atoms with Crippen molar-refractivity contribution in [3.05, 3.63) is 65.1 Å². The van der Waals surface area contributed by atoms with Crippen molar-refractivity contribution in [2.24, 2.45) is 10.3 Å². The number of phenolic OH excluding ortho intramolecular Hbond substituents is 1. The van der Waals surface area contributed by atoms with E-state index in [4.69, 9.17) is 5.11 Å². The number of rotatable bonds is 3. The fraction of sp³-hybridized carbons (Fsp3) is 0. The van der Waals surface area contributed by atoms with E-state index in [0.29, 0.717) is 11.3 Å². The Hall–Kier alpha value is -2.69. The molecule has 0 aliphatic heterocycles. The third kappa shape index (κ3) is 2.91. The minimum absolute atomic E-state index is 0.0728. The van der Waals surface area contributed by atoms with E-state index in [0.717, 1.165) is 0 Å². The summed E-state index contributed by atoms with van der Waals surface area (Å²) in [6.45, 7) is 0. The van der Waals surface area contributed by atoms with Gasteiger partial charge >= 0.3 is 0 Å². The Bertz CT molecular complexity index is 550. The molecule has 0 aliphatic rings. The SMILES string of the molecule is O=NC(=NNc1ccc(O)cc1)c1ccccc1. The number of amidine groups is 1. The number of hydrogen-bond donors (Lipinski definition) is 2. The van der Waals surface area contributed by atoms with Crippen LogP contribution in [-0.2, 0) is 0 Å². The highest BCUT2D eigenvalue weighted by atomic mass is 16.3. The number of phenols is 1. The van der Waals surface area contributed by atoms with Crippen molar-refractivity contribution < 1.29 is 5.11 Å². The van der Waals surface area contributed by atoms with Crippen molar-refractivity contribution in [1.29, 1.82) is 0 Å². The highest BCUT2D eigenvalue weighted by Crippen LogP contribution is 2.14. The van der Waals surface area contributed by atoms with Gasteiger partial charge in [0.15, 0.2) is 0 Å². The molecule has 90 valence electrons. The second-order valence-electron chi connectivity index (χ2n) is 3.55. The van der Waals surface area contributed by atoms with E-state index in [9.17, 15) is 4.91 Å². The molecule has 18 heavy (non-hydrogen) atoms. The van der Waals surface area contributed by atoms with Crippen LogP contribution in [0.2, 0.25) is 0 Å². The smallest absolute Gasteiger partial charge is 0.222 e. The molecule has 2 N–H and O–H groups in total. The number of hydrazone groups is 1. The number of benzene rings is 2. The van der Waals surface area contributed by atoms with E-state index >= 15 is 0 Å². The lowest BCUT2D eigenvalue weighted by Gasteiger charge is -2.01. The lowest BCUT2D eigenvalue weighted by molar-refractivity contribution is 0.475. The van der Waals surface area contributed by atoms with Crippen LogP contribution in [0.3, 0.4) is 0 Å². The summed E-state index contributed by atoms with van der Waals surface area (Å²) < 4.78 is 0. The number of aromatic hydroxyl groups is 1. The molecule has 0 aromatic heterocycles. The maximum Gasteiger partial charge on any atom is 0.222 e. The Morgan fingerprint density at radius 2 is 1.67 bits per heavy atom. The second kappa shape index (κ2) is 5.58. The first kappa shape index (κ1) is 11.8. The molecule has 0 atom stereocenters. The van der Waals surface area contributed by atoms with Gasteiger partial charge in [-0.15, -0.1) is 4.91 Å². The van der Waals surface area contributed by atoms with Gasteiger partial charge in [-0.1, -0.05) is 30.3 Å². The number of anilines is 1. The van der Waals surface area contributed by atoms with E-state index in [1.165, 1.54) is 12.1 Å². The summed E-state index contributed by atoms with van der Waals surface area (Å²) in [6, 6.07) is 15.3. The molecule has 0 aliphatic carbocycles. The fourth-order valence-corrected chi connectivity index (χ4v) is 1.38. The minimum atomic E-state index is 0.0728. The number of nitrogens with one attached hydrogen (secondary N) is 1. The molecule has 0 amide bonds. The summed E-state index contributed by atoms with van der Waals surface area (Å²) in [5.74, 6) is 0.241. The van der Waals surface area contributed by atoms with Crippen LogP contribution in [-0.4, -0.2) is 10.9 Å². The van der Waals surface area contributed by atoms with E-state index in [1.807, 2.05) is 6.07 Å². The Kier molecular flexibility index (Phi) is 3.66. The maximum atomic E-state index is 10.7. The monoisotopic (exact) mass is 241 g/mol. The predicted octanol–water partition coefficient (Wildman–Crippen LogP) is 2.93. The topological polar surface area (TPSA) is 74.0 Å². The standard InChI is InChI=1S/C13H11N3O2/c17-12-8-6-11(7-9-12)14-15-13(16-18)10-4-2-1-3-5-10/h1-9,14,17H. The Labute approximate surface area is 104 Å². The molecular formula is C13H11N3O2. The Morgan fingerprint density at radius 1 is 1.00 bits per heavy atom. The van der Waals surface area contributed by atoms with Gasteiger partial charge in [0.1, 0.15) is 5.75 Å². The maximum absolute atomic E-state index is 10.7. The molecule has 2 rings (SSSR count). The lowest BCUT2D eigenvalue weighted by atomic mass is 10.2. The van der Waals surface area contributed by atoms with Crippen LogP contribution in [0.15, 0.2) is 64.9 Å². The molecule has 0 bridgehead atoms. The molecule has 0 unspecified atom stereocenters. The summed E-state index contributed by atoms with van der Waals surface area (Å²) in [6.07, 6.45) is 0. The van der Waals surface area contributed by atoms with E-state index in [1.54, 1.807) is 36.4 Å². The van der Waals surface area contributed by atoms with E-state index in [-0.39, 0.29) is 11.6 Å². The van der Waals surface area contributed by atoms with Gasteiger partial charge in [-0.3, -0.25) is 5.43 Å². The lowest BCUT2D eigenvalue weighted by Crippen LogP contribution is -2.00. The molecule has 0 fully saturated rings. The zero-order valence-corrected chi connectivity index (χ0v) is 9.45. The average molecular weight is 241 g/mol. The molecule has 2 aromatic carbocycles. The molecule has 0 saturated heterocycles. The van der Waals surface area contributed by atoms with Crippen molar-refractivity contribution in [2.45, 2.75) is 0 Å². The normalized spacial score (nSPS) is 11.0. The first-order chi connectivity index (χ1) is 8.79. The van der Waals surface area contributed by atoms with Crippen molar-refractivity contribution in [2.75, 3.05) is 5.43 Å². The number of nitroso groups, excluding NO2 is 1. The summed E-state index contributed by atoms with van der Waals surface area (Å²) in [4.78, 5) is 10.7. The molecule has 0 spiro atoms. The van der Waals surface area contributed by atoms with Gasteiger partial charge in [0.05, 0.1) is 5.69 Å². The molecule has 5 nitrogen and oxygen atoms in total. The van der Waals surface area contributed by atoms with Crippen LogP contribution < -0.4 is 5.43 Å². The highest BCUT2D eigenvalue weighted by molar-refractivity contribution is 5.99. The summed E-state index contributed by atoms with van der Waals surface area (Å²) >= 11 is 0. The molecule has 0 radical (unpaired) electrons. The first-order valence-electron chi connectivity index (χ1n) is 5.31. The van der Waals surface area contributed by atoms with Crippen LogP contribution in [0.4, 0.5) is 5.69 Å². The largest absolute Gasteiger partial charge is 0.508 e. The molecular weight excluding hydrogens is 230 g/mol. The molecule has 5 heteroatoms. The van der Waals surface area contributed by atoms with Gasteiger partial charge in [0.2, 0.25) is 5.84 Å². The van der Waals surface area contributed by atoms with Gasteiger partial charge in [0.25, 0.3) is 0 Å². The third-order valence-corrected chi connectivity index (χ3v) is 2.28. The average Bonchev–Trinajstić information content (AvgIpc) is 2.43. The third-order valence-electron chi connectivity index (χ3n) is 2.28. The molecule has 2 aromatic rings. The zero-order chi connectivity index (χ0) is 12.8. The van der Waals surface area contributed by atoms with Crippen LogP contribution in [0.1, 0.15) is 5.56 Å². The Balaban J connectivity index is 2.16. The summed E-state index contributed by atoms with van der Waals surface area (Å²) in [7, 11) is 0. The highest BCUT2D eigenvalue weighted by Gasteiger charge is 2.02. The van der Waals surface area contributed by atoms with Gasteiger partial charge < -0.3 is 5.11 Å². The fourth-order valence-electron chi connectivity index (χ4n) is 1.38. The molecule has 0 saturated carbocycles. The minimum Gasteiger partial charge on any atom is -0.508 e. The van der Waals surface area contributed by atoms with E-state index in [2.05, 4.69) is 15.7 Å². The van der Waals surface area contributed by atoms with Crippen LogP contribution in [0.5, 0.6) is 5.75 Å². The Morgan fingerprint density at radius 3 is 2.28 bits per heavy atom. The van der Waals surface area contributed by atoms with Crippen LogP contribution >= 0.6 is 0 Å². The second-order valence-corrected chi connectivity index (χ2v) is 3.55. The van der Waals surface area contributed by atoms with Gasteiger partial charge in [-0.05, 0) is 29.4 Å². The van der Waals surface area contributed by atoms with Crippen molar-refractivity contribution >= 4 is 11.5 Å². The first-order valence-corrected chi connectivity index (χ1v) is 5.31. The zero-order valence-electron chi connectivity index (χ0n) is 9.45. The summed E-state index contributed by atoms with van der Waals surface area (Å²) in [5, 5.41) is 15.9. The number of hydrogen-bond acceptors (Lipinski definition) is 4. The van der Waals surface area contributed by atoms with Gasteiger partial charge in [0, 0.05) is 5.56 Å². The van der Waals surface area contributed by atoms with Gasteiger partial charge in [-0.25, -0.2) is 0 Å². The van der Waals surface area contributed by atoms with E-state index < -0.39 is 0 Å². The van der Waals surface area contributed by atoms with Crippen molar-refractivity contribution in [1.82, 2.24) is 0 Å². The molecule has 0 heterocycles. The van der Waals surface area contributed by atoms with Crippen molar-refractivity contribution in [3.63, 3.8) is 0 Å². The van der Waals surface area contributed by atoms with Crippen LogP contribution in [0.25, 0.3) is 0 Å². The van der Waals surface area contributed by atoms with Crippen molar-refractivity contribution in [3.8, 4) is 5.75 Å². The predicted molar refractivity (Wildman–Crippen MR) is 70.5 cm³/mol. The summed E-state index contributed by atoms with van der Waals surface area (Å²) in [5.41, 5.74) is 4.00.